The Balaban J connectivity index is 1.45. The van der Waals surface area contributed by atoms with Crippen molar-refractivity contribution in [2.24, 2.45) is 0 Å². The summed E-state index contributed by atoms with van der Waals surface area (Å²) in [7, 11) is 2.16. The van der Waals surface area contributed by atoms with Crippen LogP contribution in [-0.2, 0) is 13.0 Å². The summed E-state index contributed by atoms with van der Waals surface area (Å²) in [5.41, 5.74) is 9.58. The molecule has 0 unspecified atom stereocenters. The normalized spacial score (nSPS) is 15.7. The van der Waals surface area contributed by atoms with E-state index < -0.39 is 0 Å². The van der Waals surface area contributed by atoms with Gasteiger partial charge in [-0.1, -0.05) is 24.3 Å². The number of carbonyl (C=O) groups is 1. The van der Waals surface area contributed by atoms with Crippen LogP contribution in [-0.4, -0.2) is 55.5 Å². The van der Waals surface area contributed by atoms with Gasteiger partial charge in [0, 0.05) is 50.5 Å². The van der Waals surface area contributed by atoms with Crippen LogP contribution < -0.4 is 11.1 Å². The number of nitrogens with zero attached hydrogens (tertiary/aromatic N) is 2. The third-order valence-corrected chi connectivity index (χ3v) is 4.90. The molecule has 0 saturated carbocycles. The van der Waals surface area contributed by atoms with Gasteiger partial charge in [0.15, 0.2) is 0 Å². The average molecular weight is 352 g/mol. The van der Waals surface area contributed by atoms with Crippen LogP contribution >= 0.6 is 0 Å². The number of benzene rings is 2. The van der Waals surface area contributed by atoms with Crippen LogP contribution in [0.25, 0.3) is 0 Å². The molecule has 1 fully saturated rings. The highest BCUT2D eigenvalue weighted by Crippen LogP contribution is 2.10. The summed E-state index contributed by atoms with van der Waals surface area (Å²) in [5.74, 6) is -0.0217. The number of amides is 1. The Bertz CT molecular complexity index is 704. The summed E-state index contributed by atoms with van der Waals surface area (Å²) in [4.78, 5) is 17.1. The predicted molar refractivity (Wildman–Crippen MR) is 106 cm³/mol. The second kappa shape index (κ2) is 8.83. The summed E-state index contributed by atoms with van der Waals surface area (Å²) in [6, 6.07) is 15.7. The summed E-state index contributed by atoms with van der Waals surface area (Å²) < 4.78 is 0. The number of piperazine rings is 1. The minimum absolute atomic E-state index is 0.0217. The summed E-state index contributed by atoms with van der Waals surface area (Å²) >= 11 is 0. The average Bonchev–Trinajstić information content (AvgIpc) is 2.66. The Hall–Kier alpha value is -2.37. The molecular weight excluding hydrogens is 324 g/mol. The minimum atomic E-state index is -0.0217. The van der Waals surface area contributed by atoms with Gasteiger partial charge in [-0.05, 0) is 48.9 Å². The van der Waals surface area contributed by atoms with Crippen LogP contribution in [0.3, 0.4) is 0 Å². The maximum absolute atomic E-state index is 12.3. The number of nitrogens with one attached hydrogen (secondary N) is 1. The number of nitrogen functional groups attached to an aromatic ring is 1. The van der Waals surface area contributed by atoms with Gasteiger partial charge in [0.2, 0.25) is 0 Å². The van der Waals surface area contributed by atoms with E-state index in [1.807, 2.05) is 36.4 Å². The van der Waals surface area contributed by atoms with E-state index in [0.717, 1.165) is 44.8 Å². The zero-order chi connectivity index (χ0) is 18.4. The fraction of sp³-hybridized carbons (Fsp3) is 0.381. The lowest BCUT2D eigenvalue weighted by Crippen LogP contribution is -2.43. The molecule has 1 saturated heterocycles. The van der Waals surface area contributed by atoms with Gasteiger partial charge in [-0.25, -0.2) is 0 Å². The van der Waals surface area contributed by atoms with Gasteiger partial charge in [-0.2, -0.15) is 0 Å². The van der Waals surface area contributed by atoms with E-state index in [-0.39, 0.29) is 5.91 Å². The van der Waals surface area contributed by atoms with Gasteiger partial charge >= 0.3 is 0 Å². The monoisotopic (exact) mass is 352 g/mol. The first-order chi connectivity index (χ1) is 12.6. The lowest BCUT2D eigenvalue weighted by Gasteiger charge is -2.32. The van der Waals surface area contributed by atoms with Gasteiger partial charge in [-0.3, -0.25) is 9.69 Å². The van der Waals surface area contributed by atoms with Crippen molar-refractivity contribution in [2.45, 2.75) is 13.0 Å². The molecule has 1 aliphatic rings. The van der Waals surface area contributed by atoms with Gasteiger partial charge < -0.3 is 16.0 Å². The molecule has 0 atom stereocenters. The Kier molecular flexibility index (Phi) is 6.26. The molecule has 1 heterocycles. The van der Waals surface area contributed by atoms with Gasteiger partial charge in [-0.15, -0.1) is 0 Å². The van der Waals surface area contributed by atoms with E-state index >= 15 is 0 Å². The molecule has 0 spiro atoms. The SMILES string of the molecule is CN1CCN(Cc2ccc(C(=O)NCCc3ccc(N)cc3)cc2)CC1. The molecule has 2 aromatic rings. The molecule has 1 amide bonds. The van der Waals surface area contributed by atoms with Gasteiger partial charge in [0.1, 0.15) is 0 Å². The van der Waals surface area contributed by atoms with Crippen LogP contribution in [0.1, 0.15) is 21.5 Å². The fourth-order valence-corrected chi connectivity index (χ4v) is 3.13. The van der Waals surface area contributed by atoms with Crippen LogP contribution in [0, 0.1) is 0 Å². The highest BCUT2D eigenvalue weighted by Gasteiger charge is 2.14. The zero-order valence-corrected chi connectivity index (χ0v) is 15.4. The van der Waals surface area contributed by atoms with Crippen LogP contribution in [0.2, 0.25) is 0 Å². The highest BCUT2D eigenvalue weighted by molar-refractivity contribution is 5.94. The summed E-state index contributed by atoms with van der Waals surface area (Å²) in [5, 5.41) is 2.98. The van der Waals surface area contributed by atoms with E-state index in [4.69, 9.17) is 5.73 Å². The Morgan fingerprint density at radius 3 is 2.23 bits per heavy atom. The van der Waals surface area contributed by atoms with Crippen LogP contribution in [0.15, 0.2) is 48.5 Å². The number of rotatable bonds is 6. The standard InChI is InChI=1S/C21H28N4O/c1-24-12-14-25(15-13-24)16-18-2-6-19(7-3-18)21(26)23-11-10-17-4-8-20(22)9-5-17/h2-9H,10-16,22H2,1H3,(H,23,26). The van der Waals surface area contributed by atoms with E-state index in [1.54, 1.807) is 0 Å². The number of likely N-dealkylation sites (N-methyl/N-ethyl adjacent to an activating group) is 1. The van der Waals surface area contributed by atoms with E-state index in [9.17, 15) is 4.79 Å². The largest absolute Gasteiger partial charge is 0.399 e. The molecule has 0 bridgehead atoms. The number of anilines is 1. The topological polar surface area (TPSA) is 61.6 Å². The molecule has 2 aromatic carbocycles. The van der Waals surface area contributed by atoms with E-state index in [1.165, 1.54) is 11.1 Å². The molecule has 0 radical (unpaired) electrons. The molecule has 3 rings (SSSR count). The van der Waals surface area contributed by atoms with Crippen molar-refractivity contribution in [3.05, 3.63) is 65.2 Å². The van der Waals surface area contributed by atoms with Crippen LogP contribution in [0.4, 0.5) is 5.69 Å². The molecule has 138 valence electrons. The maximum Gasteiger partial charge on any atom is 0.251 e. The first-order valence-electron chi connectivity index (χ1n) is 9.22. The third kappa shape index (κ3) is 5.31. The van der Waals surface area contributed by atoms with Crippen molar-refractivity contribution in [1.29, 1.82) is 0 Å². The maximum atomic E-state index is 12.3. The molecule has 5 heteroatoms. The molecule has 3 N–H and O–H groups in total. The van der Waals surface area contributed by atoms with Gasteiger partial charge in [0.25, 0.3) is 5.91 Å². The van der Waals surface area contributed by atoms with Crippen molar-refractivity contribution in [3.63, 3.8) is 0 Å². The molecule has 1 aliphatic heterocycles. The zero-order valence-electron chi connectivity index (χ0n) is 15.4. The molecule has 0 aromatic heterocycles. The molecule has 0 aliphatic carbocycles. The van der Waals surface area contributed by atoms with Crippen molar-refractivity contribution in [3.8, 4) is 0 Å². The van der Waals surface area contributed by atoms with Crippen molar-refractivity contribution in [2.75, 3.05) is 45.5 Å². The second-order valence-electron chi connectivity index (χ2n) is 7.02. The first-order valence-corrected chi connectivity index (χ1v) is 9.22. The molecule has 26 heavy (non-hydrogen) atoms. The van der Waals surface area contributed by atoms with Crippen molar-refractivity contribution in [1.82, 2.24) is 15.1 Å². The predicted octanol–water partition coefficient (Wildman–Crippen LogP) is 1.99. The molecular formula is C21H28N4O. The third-order valence-electron chi connectivity index (χ3n) is 4.90. The Morgan fingerprint density at radius 2 is 1.58 bits per heavy atom. The lowest BCUT2D eigenvalue weighted by molar-refractivity contribution is 0.0954. The van der Waals surface area contributed by atoms with E-state index in [0.29, 0.717) is 12.1 Å². The summed E-state index contributed by atoms with van der Waals surface area (Å²) in [6.07, 6.45) is 0.799. The second-order valence-corrected chi connectivity index (χ2v) is 7.02. The Morgan fingerprint density at radius 1 is 0.962 bits per heavy atom. The quantitative estimate of drug-likeness (QED) is 0.781. The fourth-order valence-electron chi connectivity index (χ4n) is 3.13. The Labute approximate surface area is 155 Å². The number of hydrogen-bond donors (Lipinski definition) is 2. The highest BCUT2D eigenvalue weighted by atomic mass is 16.1. The number of nitrogens with two attached hydrogens (primary N) is 1. The van der Waals surface area contributed by atoms with Gasteiger partial charge in [0.05, 0.1) is 0 Å². The van der Waals surface area contributed by atoms with Crippen molar-refractivity contribution >= 4 is 11.6 Å². The van der Waals surface area contributed by atoms with E-state index in [2.05, 4.69) is 34.3 Å². The summed E-state index contributed by atoms with van der Waals surface area (Å²) in [6.45, 7) is 6.01. The minimum Gasteiger partial charge on any atom is -0.399 e. The number of hydrogen-bond acceptors (Lipinski definition) is 4. The van der Waals surface area contributed by atoms with Crippen LogP contribution in [0.5, 0.6) is 0 Å². The molecule has 5 nitrogen and oxygen atoms in total. The van der Waals surface area contributed by atoms with Crippen molar-refractivity contribution < 1.29 is 4.79 Å². The smallest absolute Gasteiger partial charge is 0.251 e. The lowest BCUT2D eigenvalue weighted by atomic mass is 10.1. The first kappa shape index (κ1) is 18.4. The number of carbonyl (C=O) groups excluding carboxylic acids is 1.